The van der Waals surface area contributed by atoms with Gasteiger partial charge in [0.1, 0.15) is 49.8 Å². The van der Waals surface area contributed by atoms with Crippen molar-refractivity contribution >= 4 is 65.5 Å². The number of benzene rings is 2. The molecule has 1 N–H and O–H groups in total. The van der Waals surface area contributed by atoms with Crippen LogP contribution in [0.15, 0.2) is 24.3 Å². The van der Waals surface area contributed by atoms with Crippen molar-refractivity contribution in [2.75, 3.05) is 26.3 Å². The molecule has 8 radical (unpaired) electrons. The number of ether oxygens (including phenoxy) is 2. The van der Waals surface area contributed by atoms with Gasteiger partial charge in [-0.1, -0.05) is 35.2 Å². The second kappa shape index (κ2) is 10.4. The Bertz CT molecular complexity index is 1250. The number of imide groups is 1. The predicted molar refractivity (Wildman–Crippen MR) is 140 cm³/mol. The minimum Gasteiger partial charge on any atom is -0.489 e. The van der Waals surface area contributed by atoms with Crippen LogP contribution in [0.1, 0.15) is 45.8 Å². The second-order valence-corrected chi connectivity index (χ2v) is 9.48. The molecular formula is C25H23B4N3O5. The van der Waals surface area contributed by atoms with Gasteiger partial charge in [-0.15, -0.1) is 5.46 Å². The van der Waals surface area contributed by atoms with Crippen molar-refractivity contribution in [2.45, 2.75) is 38.0 Å². The molecule has 2 unspecified atom stereocenters. The van der Waals surface area contributed by atoms with E-state index in [0.717, 1.165) is 38.4 Å². The summed E-state index contributed by atoms with van der Waals surface area (Å²) in [5.74, 6) is -2.44. The zero-order chi connectivity index (χ0) is 26.3. The lowest BCUT2D eigenvalue weighted by molar-refractivity contribution is -0.137. The maximum atomic E-state index is 13.4. The molecular weight excluding hydrogens is 466 g/mol. The van der Waals surface area contributed by atoms with E-state index in [9.17, 15) is 14.4 Å². The molecule has 2 atom stereocenters. The van der Waals surface area contributed by atoms with Crippen molar-refractivity contribution in [3.8, 4) is 5.75 Å². The van der Waals surface area contributed by atoms with E-state index in [1.54, 1.807) is 0 Å². The number of nitrogens with zero attached hydrogens (tertiary/aromatic N) is 2. The van der Waals surface area contributed by atoms with Crippen LogP contribution in [0.5, 0.6) is 5.75 Å². The van der Waals surface area contributed by atoms with Gasteiger partial charge in [0.2, 0.25) is 11.8 Å². The Balaban J connectivity index is 1.37. The van der Waals surface area contributed by atoms with E-state index in [4.69, 9.17) is 40.9 Å². The molecule has 0 aliphatic carbocycles. The summed E-state index contributed by atoms with van der Waals surface area (Å²) in [6.07, 6.45) is 0.240. The zero-order valence-electron chi connectivity index (χ0n) is 20.4. The normalized spacial score (nSPS) is 22.2. The van der Waals surface area contributed by atoms with E-state index in [-0.39, 0.29) is 52.7 Å². The maximum Gasteiger partial charge on any atom is 0.254 e. The van der Waals surface area contributed by atoms with E-state index < -0.39 is 29.7 Å². The number of carbonyl (C=O) groups excluding carboxylic acids is 3. The van der Waals surface area contributed by atoms with Gasteiger partial charge in [-0.2, -0.15) is 0 Å². The summed E-state index contributed by atoms with van der Waals surface area (Å²) in [5, 5.41) is 2.25. The average Bonchev–Trinajstić information content (AvgIpc) is 3.14. The molecule has 0 spiro atoms. The number of fused-ring (bicyclic) bond motifs is 1. The minimum absolute atomic E-state index is 0.0115. The Morgan fingerprint density at radius 1 is 0.973 bits per heavy atom. The fraction of sp³-hybridized carbons (Fsp3) is 0.400. The highest BCUT2D eigenvalue weighted by Crippen LogP contribution is 2.38. The first-order valence-electron chi connectivity index (χ1n) is 12.2. The van der Waals surface area contributed by atoms with E-state index in [0.29, 0.717) is 0 Å². The van der Waals surface area contributed by atoms with Crippen molar-refractivity contribution in [3.63, 3.8) is 0 Å². The number of amides is 3. The lowest BCUT2D eigenvalue weighted by Gasteiger charge is -2.33. The number of rotatable bonds is 6. The fourth-order valence-corrected chi connectivity index (χ4v) is 5.07. The molecule has 2 fully saturated rings. The largest absolute Gasteiger partial charge is 0.489 e. The van der Waals surface area contributed by atoms with Gasteiger partial charge in [-0.05, 0) is 17.5 Å². The summed E-state index contributed by atoms with van der Waals surface area (Å²) in [7, 11) is 25.0. The van der Waals surface area contributed by atoms with E-state index in [1.807, 2.05) is 24.3 Å². The van der Waals surface area contributed by atoms with Crippen LogP contribution in [-0.4, -0.2) is 91.3 Å². The van der Waals surface area contributed by atoms with Crippen LogP contribution >= 0.6 is 0 Å². The first-order valence-corrected chi connectivity index (χ1v) is 12.2. The Kier molecular flexibility index (Phi) is 7.23. The van der Waals surface area contributed by atoms with Gasteiger partial charge in [0, 0.05) is 43.1 Å². The van der Waals surface area contributed by atoms with Crippen LogP contribution in [-0.2, 0) is 27.5 Å². The number of piperidine rings is 1. The van der Waals surface area contributed by atoms with Gasteiger partial charge >= 0.3 is 0 Å². The summed E-state index contributed by atoms with van der Waals surface area (Å²) in [5.41, 5.74) is 2.49. The lowest BCUT2D eigenvalue weighted by Crippen LogP contribution is -2.53. The smallest absolute Gasteiger partial charge is 0.254 e. The SMILES string of the molecule is [B]c1c([B])c(OCc2ccc(CN3CCOCC3)cc2)c2c(c1[B])C(=O)N(C1CCC(=O)NC1=O)C2[B]. The van der Waals surface area contributed by atoms with Crippen LogP contribution in [0.3, 0.4) is 0 Å². The standard InChI is InChI=1S/C25H23B4N3O5/c26-19-17-18(23(29)32(25(17)35)15-5-6-16(33)30-24(15)34)22(21(28)20(19)27)37-12-14-3-1-13(2-4-14)11-31-7-9-36-10-8-31/h1-4,15,23H,5-12H2,(H,30,33,34). The van der Waals surface area contributed by atoms with Crippen molar-refractivity contribution < 1.29 is 23.9 Å². The molecule has 2 aromatic carbocycles. The number of morpholine rings is 1. The molecule has 2 saturated heterocycles. The summed E-state index contributed by atoms with van der Waals surface area (Å²) >= 11 is 0. The number of carbonyl (C=O) groups is 3. The van der Waals surface area contributed by atoms with Crippen LogP contribution < -0.4 is 26.4 Å². The van der Waals surface area contributed by atoms with Crippen LogP contribution in [0.2, 0.25) is 0 Å². The number of nitrogens with one attached hydrogen (secondary N) is 1. The molecule has 3 aliphatic heterocycles. The maximum absolute atomic E-state index is 13.4. The third-order valence-electron chi connectivity index (χ3n) is 7.11. The zero-order valence-corrected chi connectivity index (χ0v) is 20.4. The predicted octanol–water partition coefficient (Wildman–Crippen LogP) is -2.09. The molecule has 0 aromatic heterocycles. The molecule has 0 bridgehead atoms. The highest BCUT2D eigenvalue weighted by Gasteiger charge is 2.45. The summed E-state index contributed by atoms with van der Waals surface area (Å²) in [6, 6.07) is 7.08. The van der Waals surface area contributed by atoms with Crippen LogP contribution in [0.4, 0.5) is 0 Å². The quantitative estimate of drug-likeness (QED) is 0.371. The van der Waals surface area contributed by atoms with E-state index in [2.05, 4.69) is 10.2 Å². The molecule has 0 saturated carbocycles. The number of hydrogen-bond donors (Lipinski definition) is 1. The van der Waals surface area contributed by atoms with Crippen molar-refractivity contribution in [3.05, 3.63) is 46.5 Å². The van der Waals surface area contributed by atoms with E-state index in [1.165, 1.54) is 10.5 Å². The monoisotopic (exact) mass is 489 g/mol. The molecule has 3 amide bonds. The lowest BCUT2D eigenvalue weighted by atomic mass is 9.67. The Morgan fingerprint density at radius 2 is 1.65 bits per heavy atom. The highest BCUT2D eigenvalue weighted by atomic mass is 16.5. The van der Waals surface area contributed by atoms with Crippen molar-refractivity contribution in [2.24, 2.45) is 0 Å². The van der Waals surface area contributed by atoms with Crippen molar-refractivity contribution in [1.82, 2.24) is 15.1 Å². The molecule has 5 rings (SSSR count). The van der Waals surface area contributed by atoms with Gasteiger partial charge in [0.15, 0.2) is 0 Å². The van der Waals surface area contributed by atoms with Gasteiger partial charge in [-0.3, -0.25) is 24.6 Å². The first-order chi connectivity index (χ1) is 17.8. The summed E-state index contributed by atoms with van der Waals surface area (Å²) in [6.45, 7) is 4.29. The van der Waals surface area contributed by atoms with Gasteiger partial charge in [0.25, 0.3) is 5.91 Å². The van der Waals surface area contributed by atoms with Gasteiger partial charge in [-0.25, -0.2) is 0 Å². The van der Waals surface area contributed by atoms with Crippen molar-refractivity contribution in [1.29, 1.82) is 0 Å². The van der Waals surface area contributed by atoms with E-state index >= 15 is 0 Å². The number of hydrogen-bond acceptors (Lipinski definition) is 6. The molecule has 8 nitrogen and oxygen atoms in total. The average molecular weight is 489 g/mol. The molecule has 3 aliphatic rings. The Morgan fingerprint density at radius 3 is 2.32 bits per heavy atom. The summed E-state index contributed by atoms with van der Waals surface area (Å²) < 4.78 is 11.5. The molecule has 37 heavy (non-hydrogen) atoms. The topological polar surface area (TPSA) is 88.2 Å². The minimum atomic E-state index is -1.05. The molecule has 2 aromatic rings. The molecule has 180 valence electrons. The highest BCUT2D eigenvalue weighted by molar-refractivity contribution is 6.60. The molecule has 3 heterocycles. The van der Waals surface area contributed by atoms with Crippen LogP contribution in [0, 0.1) is 0 Å². The molecule has 12 heteroatoms. The van der Waals surface area contributed by atoms with Crippen LogP contribution in [0.25, 0.3) is 0 Å². The Labute approximate surface area is 221 Å². The summed E-state index contributed by atoms with van der Waals surface area (Å²) in [4.78, 5) is 41.0. The van der Waals surface area contributed by atoms with Gasteiger partial charge < -0.3 is 14.4 Å². The first kappa shape index (κ1) is 25.7. The van der Waals surface area contributed by atoms with Gasteiger partial charge in [0.05, 0.1) is 13.2 Å². The third kappa shape index (κ3) is 4.84. The fourth-order valence-electron chi connectivity index (χ4n) is 5.07. The third-order valence-corrected chi connectivity index (χ3v) is 7.11. The second-order valence-electron chi connectivity index (χ2n) is 9.48. The Hall–Kier alpha value is -2.97.